The Hall–Kier alpha value is -3.24. The molecule has 2 heterocycles. The van der Waals surface area contributed by atoms with Crippen molar-refractivity contribution >= 4 is 39.2 Å². The number of hydrogen-bond acceptors (Lipinski definition) is 6. The molecule has 0 radical (unpaired) electrons. The fraction of sp³-hybridized carbons (Fsp3) is 0.348. The van der Waals surface area contributed by atoms with Gasteiger partial charge in [-0.2, -0.15) is 4.31 Å². The third-order valence-corrected chi connectivity index (χ3v) is 7.76. The largest absolute Gasteiger partial charge is 0.452 e. The third kappa shape index (κ3) is 4.76. The van der Waals surface area contributed by atoms with Crippen LogP contribution in [0.25, 0.3) is 0 Å². The summed E-state index contributed by atoms with van der Waals surface area (Å²) >= 11 is 0. The van der Waals surface area contributed by atoms with Gasteiger partial charge in [0.2, 0.25) is 15.9 Å². The van der Waals surface area contributed by atoms with E-state index >= 15 is 0 Å². The van der Waals surface area contributed by atoms with Crippen molar-refractivity contribution in [2.45, 2.75) is 30.8 Å². The first-order valence-corrected chi connectivity index (χ1v) is 12.2. The van der Waals surface area contributed by atoms with Crippen LogP contribution in [0.15, 0.2) is 59.5 Å². The van der Waals surface area contributed by atoms with Crippen LogP contribution in [0.1, 0.15) is 19.8 Å². The van der Waals surface area contributed by atoms with Crippen LogP contribution in [-0.4, -0.2) is 56.2 Å². The zero-order chi connectivity index (χ0) is 23.6. The summed E-state index contributed by atoms with van der Waals surface area (Å²) in [5, 5.41) is 2.71. The van der Waals surface area contributed by atoms with Gasteiger partial charge in [-0.15, -0.1) is 0 Å². The zero-order valence-electron chi connectivity index (χ0n) is 18.1. The minimum atomic E-state index is -3.61. The van der Waals surface area contributed by atoms with Crippen LogP contribution < -0.4 is 10.2 Å². The Labute approximate surface area is 192 Å². The van der Waals surface area contributed by atoms with Gasteiger partial charge in [0.15, 0.2) is 6.10 Å². The van der Waals surface area contributed by atoms with Gasteiger partial charge >= 0.3 is 5.97 Å². The summed E-state index contributed by atoms with van der Waals surface area (Å²) in [6.45, 7) is 1.70. The van der Waals surface area contributed by atoms with E-state index in [1.807, 2.05) is 0 Å². The van der Waals surface area contributed by atoms with Crippen LogP contribution in [0.5, 0.6) is 0 Å². The normalized spacial score (nSPS) is 18.2. The van der Waals surface area contributed by atoms with Gasteiger partial charge in [-0.25, -0.2) is 8.42 Å². The van der Waals surface area contributed by atoms with Crippen LogP contribution in [0.4, 0.5) is 11.4 Å². The number of benzene rings is 2. The van der Waals surface area contributed by atoms with E-state index in [-0.39, 0.29) is 30.4 Å². The van der Waals surface area contributed by atoms with Crippen LogP contribution in [0.3, 0.4) is 0 Å². The minimum absolute atomic E-state index is 0.159. The van der Waals surface area contributed by atoms with E-state index in [9.17, 15) is 22.8 Å². The first-order valence-electron chi connectivity index (χ1n) is 10.7. The topological polar surface area (TPSA) is 113 Å². The lowest BCUT2D eigenvalue weighted by Crippen LogP contribution is -2.47. The van der Waals surface area contributed by atoms with Crippen molar-refractivity contribution in [1.29, 1.82) is 0 Å². The van der Waals surface area contributed by atoms with Gasteiger partial charge in [0, 0.05) is 13.1 Å². The van der Waals surface area contributed by atoms with Crippen molar-refractivity contribution < 1.29 is 27.5 Å². The first-order chi connectivity index (χ1) is 15.8. The lowest BCUT2D eigenvalue weighted by atomic mass is 9.98. The highest BCUT2D eigenvalue weighted by Gasteiger charge is 2.36. The summed E-state index contributed by atoms with van der Waals surface area (Å²) in [5.74, 6) is -1.86. The lowest BCUT2D eigenvalue weighted by molar-refractivity contribution is -0.159. The first kappa shape index (κ1) is 22.9. The number of nitrogens with one attached hydrogen (secondary N) is 1. The monoisotopic (exact) mass is 471 g/mol. The van der Waals surface area contributed by atoms with Gasteiger partial charge in [0.1, 0.15) is 6.54 Å². The van der Waals surface area contributed by atoms with E-state index in [2.05, 4.69) is 5.32 Å². The van der Waals surface area contributed by atoms with Crippen LogP contribution >= 0.6 is 0 Å². The molecule has 2 aliphatic rings. The summed E-state index contributed by atoms with van der Waals surface area (Å²) < 4.78 is 32.3. The number of hydrogen-bond donors (Lipinski definition) is 1. The smallest absolute Gasteiger partial charge is 0.309 e. The lowest BCUT2D eigenvalue weighted by Gasteiger charge is -2.32. The maximum absolute atomic E-state index is 12.9. The minimum Gasteiger partial charge on any atom is -0.452 e. The van der Waals surface area contributed by atoms with Crippen molar-refractivity contribution in [3.8, 4) is 0 Å². The Morgan fingerprint density at radius 2 is 1.67 bits per heavy atom. The van der Waals surface area contributed by atoms with Gasteiger partial charge in [-0.05, 0) is 44.0 Å². The Bertz CT molecular complexity index is 1160. The van der Waals surface area contributed by atoms with Gasteiger partial charge in [-0.3, -0.25) is 19.3 Å². The van der Waals surface area contributed by atoms with Gasteiger partial charge in [0.25, 0.3) is 5.91 Å². The van der Waals surface area contributed by atoms with Gasteiger partial charge in [0.05, 0.1) is 22.2 Å². The zero-order valence-corrected chi connectivity index (χ0v) is 19.0. The molecule has 1 saturated heterocycles. The number of nitrogens with zero attached hydrogens (tertiary/aromatic N) is 2. The fourth-order valence-corrected chi connectivity index (χ4v) is 5.53. The Morgan fingerprint density at radius 3 is 2.36 bits per heavy atom. The van der Waals surface area contributed by atoms with E-state index in [1.165, 1.54) is 16.1 Å². The number of piperidine rings is 1. The average Bonchev–Trinajstić information content (AvgIpc) is 2.83. The van der Waals surface area contributed by atoms with E-state index < -0.39 is 33.9 Å². The SMILES string of the molecule is CC(OC(=O)C1CCN(S(=O)(=O)c2ccccc2)CC1)C(=O)N1CC(=O)Nc2ccccc21. The average molecular weight is 472 g/mol. The number of esters is 1. The number of fused-ring (bicyclic) bond motifs is 1. The van der Waals surface area contributed by atoms with E-state index in [4.69, 9.17) is 4.74 Å². The number of para-hydroxylation sites is 2. The predicted molar refractivity (Wildman–Crippen MR) is 121 cm³/mol. The maximum atomic E-state index is 12.9. The standard InChI is InChI=1S/C23H25N3O6S/c1-16(22(28)26-15-21(27)24-19-9-5-6-10-20(19)26)32-23(29)17-11-13-25(14-12-17)33(30,31)18-7-3-2-4-8-18/h2-10,16-17H,11-15H2,1H3,(H,24,27). The summed E-state index contributed by atoms with van der Waals surface area (Å²) in [5.41, 5.74) is 1.07. The predicted octanol–water partition coefficient (Wildman–Crippen LogP) is 2.00. The Balaban J connectivity index is 1.36. The second-order valence-electron chi connectivity index (χ2n) is 8.06. The molecule has 2 aromatic carbocycles. The number of carbonyl (C=O) groups excluding carboxylic acids is 3. The maximum Gasteiger partial charge on any atom is 0.309 e. The third-order valence-electron chi connectivity index (χ3n) is 5.85. The molecule has 0 bridgehead atoms. The molecule has 1 N–H and O–H groups in total. The van der Waals surface area contributed by atoms with Crippen LogP contribution in [0.2, 0.25) is 0 Å². The van der Waals surface area contributed by atoms with E-state index in [1.54, 1.807) is 54.6 Å². The molecule has 4 rings (SSSR count). The van der Waals surface area contributed by atoms with E-state index in [0.717, 1.165) is 0 Å². The van der Waals surface area contributed by atoms with Crippen LogP contribution in [0, 0.1) is 5.92 Å². The number of rotatable bonds is 5. The Morgan fingerprint density at radius 1 is 1.03 bits per heavy atom. The molecular formula is C23H25N3O6S. The molecule has 2 aliphatic heterocycles. The highest BCUT2D eigenvalue weighted by molar-refractivity contribution is 7.89. The molecule has 9 nitrogen and oxygen atoms in total. The highest BCUT2D eigenvalue weighted by atomic mass is 32.2. The number of sulfonamides is 1. The molecule has 2 amide bonds. The van der Waals surface area contributed by atoms with Crippen molar-refractivity contribution in [2.75, 3.05) is 29.9 Å². The molecule has 0 saturated carbocycles. The summed E-state index contributed by atoms with van der Waals surface area (Å²) in [6, 6.07) is 15.1. The molecule has 33 heavy (non-hydrogen) atoms. The molecular weight excluding hydrogens is 446 g/mol. The summed E-state index contributed by atoms with van der Waals surface area (Å²) in [7, 11) is -3.61. The van der Waals surface area contributed by atoms with Crippen molar-refractivity contribution in [3.05, 3.63) is 54.6 Å². The summed E-state index contributed by atoms with van der Waals surface area (Å²) in [6.07, 6.45) is -0.468. The Kier molecular flexibility index (Phi) is 6.48. The molecule has 0 aliphatic carbocycles. The molecule has 1 unspecified atom stereocenters. The van der Waals surface area contributed by atoms with Gasteiger partial charge < -0.3 is 10.1 Å². The fourth-order valence-electron chi connectivity index (χ4n) is 4.04. The van der Waals surface area contributed by atoms with E-state index in [0.29, 0.717) is 24.2 Å². The summed E-state index contributed by atoms with van der Waals surface area (Å²) in [4.78, 5) is 39.1. The molecule has 0 spiro atoms. The molecule has 1 atom stereocenters. The molecule has 0 aromatic heterocycles. The second kappa shape index (κ2) is 9.32. The molecule has 2 aromatic rings. The number of carbonyl (C=O) groups is 3. The molecule has 174 valence electrons. The number of amides is 2. The number of ether oxygens (including phenoxy) is 1. The van der Waals surface area contributed by atoms with Crippen molar-refractivity contribution in [2.24, 2.45) is 5.92 Å². The molecule has 1 fully saturated rings. The van der Waals surface area contributed by atoms with Crippen LogP contribution in [-0.2, 0) is 29.1 Å². The van der Waals surface area contributed by atoms with Crippen molar-refractivity contribution in [3.63, 3.8) is 0 Å². The van der Waals surface area contributed by atoms with Crippen molar-refractivity contribution in [1.82, 2.24) is 4.31 Å². The van der Waals surface area contributed by atoms with Gasteiger partial charge in [-0.1, -0.05) is 30.3 Å². The molecule has 10 heteroatoms. The number of anilines is 2. The quantitative estimate of drug-likeness (QED) is 0.668. The second-order valence-corrected chi connectivity index (χ2v) is 10.00. The highest BCUT2D eigenvalue weighted by Crippen LogP contribution is 2.30.